The van der Waals surface area contributed by atoms with Crippen LogP contribution in [-0.2, 0) is 6.54 Å². The van der Waals surface area contributed by atoms with Crippen LogP contribution in [0.4, 0.5) is 5.69 Å². The number of para-hydroxylation sites is 2. The fourth-order valence-corrected chi connectivity index (χ4v) is 1.58. The van der Waals surface area contributed by atoms with E-state index >= 15 is 0 Å². The fraction of sp³-hybridized carbons (Fsp3) is 0.231. The molecule has 6 nitrogen and oxygen atoms in total. The van der Waals surface area contributed by atoms with Crippen LogP contribution in [0.15, 0.2) is 34.9 Å². The molecule has 19 heavy (non-hydrogen) atoms. The van der Waals surface area contributed by atoms with Gasteiger partial charge in [-0.25, -0.2) is 4.98 Å². The number of amides is 1. The SMILES string of the molecule is CNCc1nc(C(=O)Nc2ccccc2OC)co1. The number of ether oxygens (including phenoxy) is 1. The molecule has 0 saturated carbocycles. The number of anilines is 1. The van der Waals surface area contributed by atoms with Gasteiger partial charge in [-0.15, -0.1) is 0 Å². The second kappa shape index (κ2) is 6.01. The standard InChI is InChI=1S/C13H15N3O3/c1-14-7-12-15-10(8-19-12)13(17)16-9-5-3-4-6-11(9)18-2/h3-6,8,14H,7H2,1-2H3,(H,16,17). The van der Waals surface area contributed by atoms with Gasteiger partial charge < -0.3 is 19.8 Å². The van der Waals surface area contributed by atoms with E-state index in [1.54, 1.807) is 26.3 Å². The van der Waals surface area contributed by atoms with Crippen molar-refractivity contribution >= 4 is 11.6 Å². The average molecular weight is 261 g/mol. The van der Waals surface area contributed by atoms with Crippen LogP contribution in [-0.4, -0.2) is 25.0 Å². The van der Waals surface area contributed by atoms with E-state index in [1.807, 2.05) is 12.1 Å². The summed E-state index contributed by atoms with van der Waals surface area (Å²) >= 11 is 0. The Hall–Kier alpha value is -2.34. The molecular weight excluding hydrogens is 246 g/mol. The number of hydrogen-bond acceptors (Lipinski definition) is 5. The smallest absolute Gasteiger partial charge is 0.277 e. The molecule has 2 rings (SSSR count). The van der Waals surface area contributed by atoms with Crippen molar-refractivity contribution in [3.05, 3.63) is 42.1 Å². The van der Waals surface area contributed by atoms with Gasteiger partial charge in [0.2, 0.25) is 5.89 Å². The molecule has 1 aromatic carbocycles. The van der Waals surface area contributed by atoms with Crippen LogP contribution in [0, 0.1) is 0 Å². The molecule has 100 valence electrons. The van der Waals surface area contributed by atoms with Gasteiger partial charge in [0.05, 0.1) is 19.3 Å². The molecular formula is C13H15N3O3. The van der Waals surface area contributed by atoms with Crippen LogP contribution in [0.2, 0.25) is 0 Å². The first-order valence-corrected chi connectivity index (χ1v) is 5.78. The number of oxazole rings is 1. The summed E-state index contributed by atoms with van der Waals surface area (Å²) in [5.41, 5.74) is 0.823. The molecule has 0 aliphatic rings. The molecule has 1 heterocycles. The maximum absolute atomic E-state index is 12.0. The lowest BCUT2D eigenvalue weighted by molar-refractivity contribution is 0.102. The molecule has 0 bridgehead atoms. The van der Waals surface area contributed by atoms with Gasteiger partial charge in [-0.05, 0) is 19.2 Å². The molecule has 0 aliphatic carbocycles. The predicted molar refractivity (Wildman–Crippen MR) is 70.2 cm³/mol. The monoisotopic (exact) mass is 261 g/mol. The van der Waals surface area contributed by atoms with Crippen LogP contribution in [0.1, 0.15) is 16.4 Å². The van der Waals surface area contributed by atoms with Gasteiger partial charge in [0.25, 0.3) is 5.91 Å². The third-order valence-corrected chi connectivity index (χ3v) is 2.47. The number of nitrogens with one attached hydrogen (secondary N) is 2. The number of methoxy groups -OCH3 is 1. The first kappa shape index (κ1) is 13.1. The lowest BCUT2D eigenvalue weighted by atomic mass is 10.3. The highest BCUT2D eigenvalue weighted by atomic mass is 16.5. The third-order valence-electron chi connectivity index (χ3n) is 2.47. The van der Waals surface area contributed by atoms with Crippen molar-refractivity contribution in [1.29, 1.82) is 0 Å². The van der Waals surface area contributed by atoms with E-state index in [2.05, 4.69) is 15.6 Å². The zero-order valence-corrected chi connectivity index (χ0v) is 10.8. The summed E-state index contributed by atoms with van der Waals surface area (Å²) in [6.07, 6.45) is 1.33. The van der Waals surface area contributed by atoms with E-state index in [4.69, 9.17) is 9.15 Å². The van der Waals surface area contributed by atoms with Crippen LogP contribution in [0.5, 0.6) is 5.75 Å². The lowest BCUT2D eigenvalue weighted by Crippen LogP contribution is -2.13. The van der Waals surface area contributed by atoms with E-state index in [-0.39, 0.29) is 11.6 Å². The van der Waals surface area contributed by atoms with Gasteiger partial charge in [0, 0.05) is 0 Å². The summed E-state index contributed by atoms with van der Waals surface area (Å²) in [7, 11) is 3.32. The second-order valence-electron chi connectivity index (χ2n) is 3.81. The molecule has 0 atom stereocenters. The maximum Gasteiger partial charge on any atom is 0.277 e. The van der Waals surface area contributed by atoms with E-state index in [0.717, 1.165) is 0 Å². The number of hydrogen-bond donors (Lipinski definition) is 2. The maximum atomic E-state index is 12.0. The number of benzene rings is 1. The Morgan fingerprint density at radius 2 is 2.21 bits per heavy atom. The Morgan fingerprint density at radius 1 is 1.42 bits per heavy atom. The van der Waals surface area contributed by atoms with Gasteiger partial charge in [-0.3, -0.25) is 4.79 Å². The van der Waals surface area contributed by atoms with Gasteiger partial charge in [-0.2, -0.15) is 0 Å². The first-order chi connectivity index (χ1) is 9.24. The minimum Gasteiger partial charge on any atom is -0.495 e. The van der Waals surface area contributed by atoms with Crippen LogP contribution < -0.4 is 15.4 Å². The Morgan fingerprint density at radius 3 is 2.95 bits per heavy atom. The van der Waals surface area contributed by atoms with E-state index in [0.29, 0.717) is 23.9 Å². The van der Waals surface area contributed by atoms with Crippen molar-refractivity contribution in [2.45, 2.75) is 6.54 Å². The summed E-state index contributed by atoms with van der Waals surface area (Å²) in [6.45, 7) is 0.474. The molecule has 2 N–H and O–H groups in total. The van der Waals surface area contributed by atoms with E-state index < -0.39 is 0 Å². The Labute approximate surface area is 110 Å². The molecule has 0 fully saturated rings. The summed E-state index contributed by atoms with van der Waals surface area (Å²) < 4.78 is 10.3. The number of aromatic nitrogens is 1. The fourth-order valence-electron chi connectivity index (χ4n) is 1.58. The van der Waals surface area contributed by atoms with Crippen molar-refractivity contribution in [2.75, 3.05) is 19.5 Å². The van der Waals surface area contributed by atoms with Crippen molar-refractivity contribution in [3.8, 4) is 5.75 Å². The minimum atomic E-state index is -0.337. The molecule has 2 aromatic rings. The average Bonchev–Trinajstić information content (AvgIpc) is 2.88. The topological polar surface area (TPSA) is 76.4 Å². The number of carbonyl (C=O) groups is 1. The van der Waals surface area contributed by atoms with Crippen molar-refractivity contribution < 1.29 is 13.9 Å². The zero-order valence-electron chi connectivity index (χ0n) is 10.8. The largest absolute Gasteiger partial charge is 0.495 e. The molecule has 0 spiro atoms. The van der Waals surface area contributed by atoms with E-state index in [9.17, 15) is 4.79 Å². The molecule has 0 saturated heterocycles. The molecule has 0 aliphatic heterocycles. The Kier molecular flexibility index (Phi) is 4.15. The Bertz CT molecular complexity index is 566. The van der Waals surface area contributed by atoms with Crippen LogP contribution >= 0.6 is 0 Å². The van der Waals surface area contributed by atoms with Crippen LogP contribution in [0.25, 0.3) is 0 Å². The normalized spacial score (nSPS) is 10.2. The highest BCUT2D eigenvalue weighted by Crippen LogP contribution is 2.23. The lowest BCUT2D eigenvalue weighted by Gasteiger charge is -2.08. The van der Waals surface area contributed by atoms with Gasteiger partial charge in [-0.1, -0.05) is 12.1 Å². The zero-order chi connectivity index (χ0) is 13.7. The summed E-state index contributed by atoms with van der Waals surface area (Å²) in [5.74, 6) is 0.720. The Balaban J connectivity index is 2.11. The number of carbonyl (C=O) groups excluding carboxylic acids is 1. The molecule has 0 unspecified atom stereocenters. The van der Waals surface area contributed by atoms with Gasteiger partial charge in [0.15, 0.2) is 5.69 Å². The van der Waals surface area contributed by atoms with Crippen molar-refractivity contribution in [2.24, 2.45) is 0 Å². The minimum absolute atomic E-state index is 0.233. The van der Waals surface area contributed by atoms with Crippen LogP contribution in [0.3, 0.4) is 0 Å². The van der Waals surface area contributed by atoms with Crippen molar-refractivity contribution in [1.82, 2.24) is 10.3 Å². The van der Waals surface area contributed by atoms with E-state index in [1.165, 1.54) is 6.26 Å². The molecule has 1 aromatic heterocycles. The highest BCUT2D eigenvalue weighted by Gasteiger charge is 2.13. The van der Waals surface area contributed by atoms with Crippen molar-refractivity contribution in [3.63, 3.8) is 0 Å². The summed E-state index contributed by atoms with van der Waals surface area (Å²) in [4.78, 5) is 16.1. The second-order valence-corrected chi connectivity index (χ2v) is 3.81. The molecule has 0 radical (unpaired) electrons. The number of nitrogens with zero attached hydrogens (tertiary/aromatic N) is 1. The molecule has 1 amide bonds. The quantitative estimate of drug-likeness (QED) is 0.856. The van der Waals surface area contributed by atoms with Gasteiger partial charge >= 0.3 is 0 Å². The summed E-state index contributed by atoms with van der Waals surface area (Å²) in [5, 5.41) is 5.62. The van der Waals surface area contributed by atoms with Gasteiger partial charge in [0.1, 0.15) is 12.0 Å². The predicted octanol–water partition coefficient (Wildman–Crippen LogP) is 1.65. The first-order valence-electron chi connectivity index (χ1n) is 5.78. The number of rotatable bonds is 5. The summed E-state index contributed by atoms with van der Waals surface area (Å²) in [6, 6.07) is 7.17. The highest BCUT2D eigenvalue weighted by molar-refractivity contribution is 6.03. The third kappa shape index (κ3) is 3.11. The molecule has 6 heteroatoms.